The monoisotopic (exact) mass is 390 g/mol. The molecule has 2 rings (SSSR count). The van der Waals surface area contributed by atoms with E-state index in [1.54, 1.807) is 5.01 Å². The Hall–Kier alpha value is -2.31. The van der Waals surface area contributed by atoms with Crippen molar-refractivity contribution < 1.29 is 15.0 Å². The fourth-order valence-corrected chi connectivity index (χ4v) is 2.39. The molecule has 0 aliphatic heterocycles. The summed E-state index contributed by atoms with van der Waals surface area (Å²) in [5.74, 6) is -0.891. The third kappa shape index (κ3) is 5.11. The molecule has 0 aliphatic carbocycles. The second-order valence-corrected chi connectivity index (χ2v) is 6.16. The number of hydrogen-bond acceptors (Lipinski definition) is 4. The summed E-state index contributed by atoms with van der Waals surface area (Å²) in [5, 5.41) is 21.1. The first-order chi connectivity index (χ1) is 11.5. The molecule has 3 N–H and O–H groups in total. The summed E-state index contributed by atoms with van der Waals surface area (Å²) in [6, 6.07) is 16.6. The van der Waals surface area contributed by atoms with E-state index in [0.717, 1.165) is 10.2 Å². The number of anilines is 1. The topological polar surface area (TPSA) is 72.8 Å². The Balaban J connectivity index is 2.21. The number of aliphatic hydroxyl groups excluding tert-OH is 1. The van der Waals surface area contributed by atoms with Crippen molar-refractivity contribution in [3.05, 3.63) is 76.9 Å². The molecule has 1 unspecified atom stereocenters. The van der Waals surface area contributed by atoms with Crippen molar-refractivity contribution in [2.45, 2.75) is 19.1 Å². The number of carboxylic acids is 1. The van der Waals surface area contributed by atoms with E-state index < -0.39 is 12.2 Å². The number of nitrogens with zero attached hydrogens (tertiary/aromatic N) is 1. The zero-order valence-electron chi connectivity index (χ0n) is 13.0. The Morgan fingerprint density at radius 2 is 1.75 bits per heavy atom. The minimum Gasteiger partial charge on any atom is -0.481 e. The second kappa shape index (κ2) is 8.52. The lowest BCUT2D eigenvalue weighted by Crippen LogP contribution is -2.40. The number of hydrogen-bond donors (Lipinski definition) is 3. The van der Waals surface area contributed by atoms with Gasteiger partial charge in [0, 0.05) is 15.7 Å². The maximum Gasteiger partial charge on any atom is 0.303 e. The largest absolute Gasteiger partial charge is 0.481 e. The third-order valence-electron chi connectivity index (χ3n) is 3.37. The van der Waals surface area contributed by atoms with Gasteiger partial charge in [0.15, 0.2) is 6.23 Å². The molecule has 0 aliphatic rings. The number of carboxylic acid groups (broad SMARTS) is 1. The van der Waals surface area contributed by atoms with E-state index in [9.17, 15) is 9.90 Å². The van der Waals surface area contributed by atoms with Gasteiger partial charge in [-0.3, -0.25) is 9.80 Å². The van der Waals surface area contributed by atoms with Crippen molar-refractivity contribution in [1.82, 2.24) is 5.43 Å². The highest BCUT2D eigenvalue weighted by atomic mass is 79.9. The van der Waals surface area contributed by atoms with Crippen LogP contribution in [0.25, 0.3) is 0 Å². The predicted octanol–water partition coefficient (Wildman–Crippen LogP) is 3.83. The fraction of sp³-hybridized carbons (Fsp3) is 0.167. The Morgan fingerprint density at radius 3 is 2.33 bits per heavy atom. The summed E-state index contributed by atoms with van der Waals surface area (Å²) in [7, 11) is 0. The number of para-hydroxylation sites is 1. The smallest absolute Gasteiger partial charge is 0.303 e. The molecular formula is C18H19BrN2O3. The van der Waals surface area contributed by atoms with Crippen LogP contribution in [-0.2, 0) is 4.79 Å². The van der Waals surface area contributed by atoms with Crippen LogP contribution in [0, 0.1) is 0 Å². The molecule has 0 spiro atoms. The normalized spacial score (nSPS) is 11.6. The molecule has 6 heteroatoms. The molecule has 2 aromatic carbocycles. The zero-order valence-corrected chi connectivity index (χ0v) is 14.6. The molecule has 0 radical (unpaired) electrons. The van der Waals surface area contributed by atoms with Crippen LogP contribution in [0.4, 0.5) is 5.69 Å². The van der Waals surface area contributed by atoms with Gasteiger partial charge in [-0.15, -0.1) is 0 Å². The number of allylic oxidation sites excluding steroid dienone is 1. The van der Waals surface area contributed by atoms with E-state index in [2.05, 4.69) is 27.9 Å². The highest BCUT2D eigenvalue weighted by Crippen LogP contribution is 2.25. The number of aliphatic hydroxyl groups is 1. The van der Waals surface area contributed by atoms with E-state index in [1.807, 2.05) is 54.6 Å². The van der Waals surface area contributed by atoms with Crippen molar-refractivity contribution in [1.29, 1.82) is 0 Å². The molecule has 5 nitrogen and oxygen atoms in total. The van der Waals surface area contributed by atoms with Crippen LogP contribution >= 0.6 is 15.9 Å². The summed E-state index contributed by atoms with van der Waals surface area (Å²) in [4.78, 5) is 10.7. The van der Waals surface area contributed by atoms with Crippen LogP contribution in [0.2, 0.25) is 0 Å². The molecule has 24 heavy (non-hydrogen) atoms. The first-order valence-corrected chi connectivity index (χ1v) is 8.20. The highest BCUT2D eigenvalue weighted by molar-refractivity contribution is 9.10. The van der Waals surface area contributed by atoms with E-state index in [-0.39, 0.29) is 12.8 Å². The van der Waals surface area contributed by atoms with Crippen molar-refractivity contribution in [3.63, 3.8) is 0 Å². The minimum absolute atomic E-state index is 0.0250. The number of rotatable bonds is 8. The highest BCUT2D eigenvalue weighted by Gasteiger charge is 2.19. The third-order valence-corrected chi connectivity index (χ3v) is 3.89. The lowest BCUT2D eigenvalue weighted by Gasteiger charge is -2.32. The van der Waals surface area contributed by atoms with Gasteiger partial charge in [-0.2, -0.15) is 0 Å². The van der Waals surface area contributed by atoms with Gasteiger partial charge < -0.3 is 15.6 Å². The number of aliphatic carboxylic acids is 1. The quantitative estimate of drug-likeness (QED) is 0.471. The van der Waals surface area contributed by atoms with Gasteiger partial charge in [-0.1, -0.05) is 52.8 Å². The van der Waals surface area contributed by atoms with Crippen LogP contribution in [0.1, 0.15) is 24.6 Å². The summed E-state index contributed by atoms with van der Waals surface area (Å²) in [6.45, 7) is 3.85. The van der Waals surface area contributed by atoms with E-state index in [1.165, 1.54) is 0 Å². The van der Waals surface area contributed by atoms with Gasteiger partial charge in [0.1, 0.15) is 0 Å². The molecule has 0 heterocycles. The first kappa shape index (κ1) is 18.0. The molecule has 0 saturated carbocycles. The number of carbonyl (C=O) groups is 1. The Bertz CT molecular complexity index is 689. The number of hydrazine groups is 1. The molecule has 0 amide bonds. The summed E-state index contributed by atoms with van der Waals surface area (Å²) in [6.07, 6.45) is -0.712. The first-order valence-electron chi connectivity index (χ1n) is 7.41. The molecule has 0 fully saturated rings. The van der Waals surface area contributed by atoms with Crippen molar-refractivity contribution >= 4 is 27.6 Å². The predicted molar refractivity (Wildman–Crippen MR) is 97.2 cm³/mol. The average Bonchev–Trinajstić information content (AvgIpc) is 2.58. The van der Waals surface area contributed by atoms with Crippen molar-refractivity contribution in [3.8, 4) is 0 Å². The second-order valence-electron chi connectivity index (χ2n) is 5.24. The summed E-state index contributed by atoms with van der Waals surface area (Å²) < 4.78 is 0.920. The van der Waals surface area contributed by atoms with E-state index >= 15 is 0 Å². The van der Waals surface area contributed by atoms with Gasteiger partial charge in [-0.05, 0) is 30.7 Å². The van der Waals surface area contributed by atoms with E-state index in [4.69, 9.17) is 5.11 Å². The minimum atomic E-state index is -0.956. The molecule has 1 atom stereocenters. The average molecular weight is 391 g/mol. The molecule has 2 aromatic rings. The Kier molecular flexibility index (Phi) is 6.40. The van der Waals surface area contributed by atoms with Gasteiger partial charge in [0.05, 0.1) is 12.1 Å². The standard InChI is InChI=1S/C18H19BrN2O3/c1-13(7-12-17(22)23)20-21(16-5-3-2-4-6-16)18(24)14-8-10-15(19)11-9-14/h2-6,8-11,18,20,24H,1,7,12H2,(H,22,23). The van der Waals surface area contributed by atoms with Gasteiger partial charge in [0.2, 0.25) is 0 Å². The van der Waals surface area contributed by atoms with Crippen LogP contribution in [-0.4, -0.2) is 16.2 Å². The lowest BCUT2D eigenvalue weighted by atomic mass is 10.2. The van der Waals surface area contributed by atoms with Crippen molar-refractivity contribution in [2.75, 3.05) is 5.01 Å². The zero-order chi connectivity index (χ0) is 17.5. The van der Waals surface area contributed by atoms with Gasteiger partial charge in [-0.25, -0.2) is 0 Å². The Labute approximate surface area is 149 Å². The van der Waals surface area contributed by atoms with Crippen LogP contribution < -0.4 is 10.4 Å². The maximum atomic E-state index is 10.7. The summed E-state index contributed by atoms with van der Waals surface area (Å²) >= 11 is 3.37. The summed E-state index contributed by atoms with van der Waals surface area (Å²) in [5.41, 5.74) is 4.96. The lowest BCUT2D eigenvalue weighted by molar-refractivity contribution is -0.136. The van der Waals surface area contributed by atoms with Crippen LogP contribution in [0.5, 0.6) is 0 Å². The molecular weight excluding hydrogens is 372 g/mol. The molecule has 126 valence electrons. The number of benzene rings is 2. The Morgan fingerprint density at radius 1 is 1.12 bits per heavy atom. The van der Waals surface area contributed by atoms with Crippen molar-refractivity contribution in [2.24, 2.45) is 0 Å². The van der Waals surface area contributed by atoms with Crippen LogP contribution in [0.3, 0.4) is 0 Å². The number of nitrogens with one attached hydrogen (secondary N) is 1. The molecule has 0 bridgehead atoms. The molecule has 0 saturated heterocycles. The molecule has 0 aromatic heterocycles. The maximum absolute atomic E-state index is 10.7. The van der Waals surface area contributed by atoms with Gasteiger partial charge >= 0.3 is 5.97 Å². The fourth-order valence-electron chi connectivity index (χ4n) is 2.12. The van der Waals surface area contributed by atoms with Gasteiger partial charge in [0.25, 0.3) is 0 Å². The number of halogens is 1. The van der Waals surface area contributed by atoms with E-state index in [0.29, 0.717) is 11.3 Å². The SMILES string of the molecule is C=C(CCC(=O)O)NN(c1ccccc1)C(O)c1ccc(Br)cc1. The van der Waals surface area contributed by atoms with Crippen LogP contribution in [0.15, 0.2) is 71.3 Å².